The summed E-state index contributed by atoms with van der Waals surface area (Å²) >= 11 is 0. The molecule has 20 heavy (non-hydrogen) atoms. The molecule has 4 nitrogen and oxygen atoms in total. The summed E-state index contributed by atoms with van der Waals surface area (Å²) < 4.78 is 22.9. The molecule has 108 valence electrons. The number of benzene rings is 1. The molecular weight excluding hydrogens is 274 g/mol. The highest BCUT2D eigenvalue weighted by molar-refractivity contribution is 7.91. The zero-order valence-corrected chi connectivity index (χ0v) is 12.2. The molecule has 0 radical (unpaired) electrons. The van der Waals surface area contributed by atoms with Crippen LogP contribution in [0.3, 0.4) is 0 Å². The van der Waals surface area contributed by atoms with E-state index in [4.69, 9.17) is 0 Å². The molecule has 1 aromatic rings. The fraction of sp³-hybridized carbons (Fsp3) is 0.533. The Hall–Kier alpha value is -1.36. The van der Waals surface area contributed by atoms with Crippen LogP contribution >= 0.6 is 0 Å². The van der Waals surface area contributed by atoms with E-state index in [0.717, 1.165) is 24.8 Å². The fourth-order valence-corrected chi connectivity index (χ4v) is 4.91. The van der Waals surface area contributed by atoms with Crippen LogP contribution in [-0.2, 0) is 21.1 Å². The molecule has 1 saturated heterocycles. The van der Waals surface area contributed by atoms with Crippen molar-refractivity contribution in [3.63, 3.8) is 0 Å². The van der Waals surface area contributed by atoms with Gasteiger partial charge in [0.2, 0.25) is 5.91 Å². The van der Waals surface area contributed by atoms with Crippen LogP contribution in [0.15, 0.2) is 24.3 Å². The van der Waals surface area contributed by atoms with E-state index < -0.39 is 9.84 Å². The number of sulfone groups is 1. The lowest BCUT2D eigenvalue weighted by atomic mass is 9.82. The van der Waals surface area contributed by atoms with Gasteiger partial charge in [0.25, 0.3) is 0 Å². The van der Waals surface area contributed by atoms with Gasteiger partial charge in [-0.25, -0.2) is 8.42 Å². The smallest absolute Gasteiger partial charge is 0.227 e. The first-order valence-corrected chi connectivity index (χ1v) is 8.96. The van der Waals surface area contributed by atoms with Gasteiger partial charge in [0.05, 0.1) is 17.4 Å². The summed E-state index contributed by atoms with van der Waals surface area (Å²) in [5, 5.41) is 2.93. The van der Waals surface area contributed by atoms with Crippen molar-refractivity contribution in [3.05, 3.63) is 35.4 Å². The Morgan fingerprint density at radius 1 is 1.20 bits per heavy atom. The summed E-state index contributed by atoms with van der Waals surface area (Å²) in [5.74, 6) is 0.147. The van der Waals surface area contributed by atoms with Gasteiger partial charge in [0.1, 0.15) is 0 Å². The Bertz CT molecular complexity index is 624. The summed E-state index contributed by atoms with van der Waals surface area (Å²) in [7, 11) is -2.95. The summed E-state index contributed by atoms with van der Waals surface area (Å²) in [5.41, 5.74) is 2.36. The third-order valence-corrected chi connectivity index (χ3v) is 6.03. The number of carbonyl (C=O) groups excluding carboxylic acids is 1. The van der Waals surface area contributed by atoms with Crippen molar-refractivity contribution in [2.24, 2.45) is 0 Å². The van der Waals surface area contributed by atoms with Crippen molar-refractivity contribution in [2.45, 2.75) is 37.6 Å². The molecule has 1 heterocycles. The van der Waals surface area contributed by atoms with Gasteiger partial charge in [0.15, 0.2) is 9.84 Å². The number of rotatable bonds is 2. The van der Waals surface area contributed by atoms with E-state index in [9.17, 15) is 13.2 Å². The fourth-order valence-electron chi connectivity index (χ4n) is 3.24. The van der Waals surface area contributed by atoms with Gasteiger partial charge in [-0.15, -0.1) is 0 Å². The molecule has 0 spiro atoms. The molecule has 1 fully saturated rings. The van der Waals surface area contributed by atoms with E-state index in [1.807, 2.05) is 18.2 Å². The Morgan fingerprint density at radius 3 is 2.75 bits per heavy atom. The van der Waals surface area contributed by atoms with E-state index in [-0.39, 0.29) is 29.4 Å². The third kappa shape index (κ3) is 2.73. The van der Waals surface area contributed by atoms with Gasteiger partial charge in [0, 0.05) is 6.04 Å². The summed E-state index contributed by atoms with van der Waals surface area (Å²) in [6, 6.07) is 7.85. The molecule has 2 aliphatic rings. The van der Waals surface area contributed by atoms with Crippen LogP contribution in [0.4, 0.5) is 0 Å². The lowest BCUT2D eigenvalue weighted by Gasteiger charge is -2.25. The first kappa shape index (κ1) is 13.6. The second kappa shape index (κ2) is 5.20. The summed E-state index contributed by atoms with van der Waals surface area (Å²) in [4.78, 5) is 12.4. The van der Waals surface area contributed by atoms with E-state index in [1.165, 1.54) is 5.56 Å². The van der Waals surface area contributed by atoms with Crippen LogP contribution in [0, 0.1) is 0 Å². The molecule has 0 saturated carbocycles. The van der Waals surface area contributed by atoms with Gasteiger partial charge in [-0.2, -0.15) is 0 Å². The van der Waals surface area contributed by atoms with E-state index in [2.05, 4.69) is 11.4 Å². The van der Waals surface area contributed by atoms with Crippen LogP contribution in [0.1, 0.15) is 36.3 Å². The van der Waals surface area contributed by atoms with Gasteiger partial charge in [-0.3, -0.25) is 4.79 Å². The quantitative estimate of drug-likeness (QED) is 0.896. The molecule has 1 aliphatic carbocycles. The second-order valence-corrected chi connectivity index (χ2v) is 7.98. The molecule has 0 bridgehead atoms. The van der Waals surface area contributed by atoms with Crippen LogP contribution in [0.5, 0.6) is 0 Å². The topological polar surface area (TPSA) is 63.2 Å². The highest BCUT2D eigenvalue weighted by Crippen LogP contribution is 2.31. The number of carbonyl (C=O) groups is 1. The number of hydrogen-bond donors (Lipinski definition) is 1. The van der Waals surface area contributed by atoms with Crippen molar-refractivity contribution < 1.29 is 13.2 Å². The van der Waals surface area contributed by atoms with Crippen LogP contribution in [0.2, 0.25) is 0 Å². The maximum atomic E-state index is 12.4. The maximum Gasteiger partial charge on any atom is 0.227 e. The monoisotopic (exact) mass is 293 g/mol. The Balaban J connectivity index is 1.73. The average molecular weight is 293 g/mol. The molecule has 1 aromatic carbocycles. The van der Waals surface area contributed by atoms with Gasteiger partial charge >= 0.3 is 0 Å². The molecule has 0 unspecified atom stereocenters. The summed E-state index contributed by atoms with van der Waals surface area (Å²) in [6.07, 6.45) is 3.43. The largest absolute Gasteiger partial charge is 0.352 e. The minimum absolute atomic E-state index is 0.0146. The van der Waals surface area contributed by atoms with E-state index >= 15 is 0 Å². The zero-order valence-electron chi connectivity index (χ0n) is 11.3. The Labute approximate surface area is 119 Å². The normalized spacial score (nSPS) is 27.8. The average Bonchev–Trinajstić information content (AvgIpc) is 2.77. The summed E-state index contributed by atoms with van der Waals surface area (Å²) in [6.45, 7) is 0. The van der Waals surface area contributed by atoms with Gasteiger partial charge in [-0.1, -0.05) is 24.3 Å². The van der Waals surface area contributed by atoms with E-state index in [1.54, 1.807) is 0 Å². The minimum atomic E-state index is -2.95. The first-order valence-electron chi connectivity index (χ1n) is 7.14. The molecule has 1 aliphatic heterocycles. The SMILES string of the molecule is O=C(N[C@@H]1CCS(=O)(=O)C1)[C@@H]1CCCc2ccccc21. The van der Waals surface area contributed by atoms with E-state index in [0.29, 0.717) is 6.42 Å². The number of fused-ring (bicyclic) bond motifs is 1. The lowest BCUT2D eigenvalue weighted by molar-refractivity contribution is -0.123. The number of hydrogen-bond acceptors (Lipinski definition) is 3. The predicted octanol–water partition coefficient (Wildman–Crippen LogP) is 1.41. The molecule has 1 N–H and O–H groups in total. The van der Waals surface area contributed by atoms with Gasteiger partial charge in [-0.05, 0) is 36.8 Å². The number of nitrogens with one attached hydrogen (secondary N) is 1. The molecule has 3 rings (SSSR count). The molecular formula is C15H19NO3S. The van der Waals surface area contributed by atoms with Crippen LogP contribution in [-0.4, -0.2) is 31.9 Å². The van der Waals surface area contributed by atoms with Gasteiger partial charge < -0.3 is 5.32 Å². The maximum absolute atomic E-state index is 12.4. The van der Waals surface area contributed by atoms with Crippen molar-refractivity contribution >= 4 is 15.7 Å². The van der Waals surface area contributed by atoms with Crippen molar-refractivity contribution in [1.29, 1.82) is 0 Å². The highest BCUT2D eigenvalue weighted by atomic mass is 32.2. The van der Waals surface area contributed by atoms with Crippen molar-refractivity contribution in [3.8, 4) is 0 Å². The van der Waals surface area contributed by atoms with Crippen molar-refractivity contribution in [1.82, 2.24) is 5.32 Å². The third-order valence-electron chi connectivity index (χ3n) is 4.26. The Morgan fingerprint density at radius 2 is 2.00 bits per heavy atom. The van der Waals surface area contributed by atoms with Crippen LogP contribution < -0.4 is 5.32 Å². The molecule has 2 atom stereocenters. The minimum Gasteiger partial charge on any atom is -0.352 e. The lowest BCUT2D eigenvalue weighted by Crippen LogP contribution is -2.39. The predicted molar refractivity (Wildman–Crippen MR) is 77.3 cm³/mol. The standard InChI is InChI=1S/C15H19NO3S/c17-15(16-12-8-9-20(18,19)10-12)14-7-3-5-11-4-1-2-6-13(11)14/h1-2,4,6,12,14H,3,5,7-10H2,(H,16,17)/t12-,14-/m1/s1. The molecule has 5 heteroatoms. The zero-order chi connectivity index (χ0) is 14.2. The second-order valence-electron chi connectivity index (χ2n) is 5.75. The first-order chi connectivity index (χ1) is 9.55. The number of amides is 1. The molecule has 1 amide bonds. The highest BCUT2D eigenvalue weighted by Gasteiger charge is 2.32. The molecule has 0 aromatic heterocycles. The number of aryl methyl sites for hydroxylation is 1. The Kier molecular flexibility index (Phi) is 3.54. The van der Waals surface area contributed by atoms with Crippen LogP contribution in [0.25, 0.3) is 0 Å². The van der Waals surface area contributed by atoms with Crippen molar-refractivity contribution in [2.75, 3.05) is 11.5 Å².